The van der Waals surface area contributed by atoms with Crippen LogP contribution in [0.15, 0.2) is 193 Å². The van der Waals surface area contributed by atoms with Crippen molar-refractivity contribution in [2.45, 2.75) is 0 Å². The van der Waals surface area contributed by atoms with Crippen molar-refractivity contribution in [2.24, 2.45) is 0 Å². The summed E-state index contributed by atoms with van der Waals surface area (Å²) in [5.41, 5.74) is 13.9. The molecule has 0 amide bonds. The summed E-state index contributed by atoms with van der Waals surface area (Å²) in [5.74, 6) is 0. The van der Waals surface area contributed by atoms with E-state index in [2.05, 4.69) is 155 Å². The molecule has 57 heavy (non-hydrogen) atoms. The van der Waals surface area contributed by atoms with E-state index in [9.17, 15) is 0 Å². The molecule has 0 aliphatic heterocycles. The van der Waals surface area contributed by atoms with Gasteiger partial charge in [0.15, 0.2) is 0 Å². The Bertz CT molecular complexity index is 3520. The van der Waals surface area contributed by atoms with E-state index in [1.165, 1.54) is 36.5 Å². The van der Waals surface area contributed by atoms with E-state index in [0.29, 0.717) is 0 Å². The van der Waals surface area contributed by atoms with Crippen LogP contribution in [0.3, 0.4) is 0 Å². The first-order valence-electron chi connectivity index (χ1n) is 19.1. The topological polar surface area (TPSA) is 43.9 Å². The van der Waals surface area contributed by atoms with Crippen LogP contribution >= 0.6 is 11.3 Å². The predicted molar refractivity (Wildman–Crippen MR) is 238 cm³/mol. The Kier molecular flexibility index (Phi) is 7.06. The van der Waals surface area contributed by atoms with Crippen molar-refractivity contribution in [3.8, 4) is 50.5 Å². The molecule has 266 valence electrons. The highest BCUT2D eigenvalue weighted by Crippen LogP contribution is 2.42. The predicted octanol–water partition coefficient (Wildman–Crippen LogP) is 14.5. The van der Waals surface area contributed by atoms with Crippen LogP contribution in [0.5, 0.6) is 0 Å². The molecule has 0 atom stereocenters. The third-order valence-electron chi connectivity index (χ3n) is 11.3. The van der Waals surface area contributed by atoms with Gasteiger partial charge in [-0.05, 0) is 125 Å². The number of fused-ring (bicyclic) bond motifs is 9. The Morgan fingerprint density at radius 3 is 1.72 bits per heavy atom. The Labute approximate surface area is 331 Å². The zero-order chi connectivity index (χ0) is 37.5. The van der Waals surface area contributed by atoms with Crippen molar-refractivity contribution in [3.05, 3.63) is 188 Å². The lowest BCUT2D eigenvalue weighted by atomic mass is 9.95. The number of nitrogens with zero attached hydrogens (tertiary/aromatic N) is 3. The maximum Gasteiger partial charge on any atom is 0.135 e. The average Bonchev–Trinajstić information content (AvgIpc) is 3.95. The molecule has 12 rings (SSSR count). The summed E-state index contributed by atoms with van der Waals surface area (Å²) in [5, 5.41) is 7.15. The normalized spacial score (nSPS) is 11.9. The zero-order valence-electron chi connectivity index (χ0n) is 30.6. The summed E-state index contributed by atoms with van der Waals surface area (Å²) in [6.45, 7) is 0. The Hall–Kier alpha value is -7.34. The van der Waals surface area contributed by atoms with Crippen LogP contribution in [0.4, 0.5) is 0 Å². The Morgan fingerprint density at radius 2 is 0.965 bits per heavy atom. The molecule has 5 aromatic heterocycles. The molecule has 0 saturated heterocycles. The number of hydrogen-bond acceptors (Lipinski definition) is 4. The monoisotopic (exact) mass is 745 g/mol. The summed E-state index contributed by atoms with van der Waals surface area (Å²) in [6, 6.07) is 63.0. The zero-order valence-corrected chi connectivity index (χ0v) is 31.4. The van der Waals surface area contributed by atoms with Gasteiger partial charge in [-0.2, -0.15) is 0 Å². The van der Waals surface area contributed by atoms with Gasteiger partial charge >= 0.3 is 0 Å². The van der Waals surface area contributed by atoms with Crippen molar-refractivity contribution >= 4 is 75.3 Å². The summed E-state index contributed by atoms with van der Waals surface area (Å²) in [7, 11) is 0. The van der Waals surface area contributed by atoms with Gasteiger partial charge in [0.1, 0.15) is 11.2 Å². The van der Waals surface area contributed by atoms with Crippen LogP contribution in [-0.2, 0) is 0 Å². The summed E-state index contributed by atoms with van der Waals surface area (Å²) >= 11 is 1.85. The molecular weight excluding hydrogens is 715 g/mol. The molecule has 0 aliphatic rings. The van der Waals surface area contributed by atoms with Gasteiger partial charge in [0.05, 0.1) is 22.4 Å². The van der Waals surface area contributed by atoms with Gasteiger partial charge in [-0.1, -0.05) is 72.8 Å². The molecule has 4 nitrogen and oxygen atoms in total. The van der Waals surface area contributed by atoms with Crippen LogP contribution in [0.25, 0.3) is 114 Å². The molecular formula is C52H31N3OS. The standard InChI is InChI=1S/C52H31N3OS/c1-2-10-38(46-13-6-8-26-54-46)37(9-1)34-16-21-48-41(29-34)40-27-32(15-20-47(40)55(48)36-19-24-52-44(31-36)39-11-3-4-14-51(39)57-52)33-17-22-49-42(28-33)43-30-35(18-23-50(43)56-49)45-12-5-7-25-53-45/h1-31H. The lowest BCUT2D eigenvalue weighted by molar-refractivity contribution is 0.669. The van der Waals surface area contributed by atoms with Crippen molar-refractivity contribution in [1.29, 1.82) is 0 Å². The molecule has 0 radical (unpaired) electrons. The number of aromatic nitrogens is 3. The minimum absolute atomic E-state index is 0.870. The first-order chi connectivity index (χ1) is 28.2. The van der Waals surface area contributed by atoms with Gasteiger partial charge in [-0.3, -0.25) is 9.97 Å². The van der Waals surface area contributed by atoms with E-state index in [1.54, 1.807) is 0 Å². The molecule has 0 saturated carbocycles. The number of hydrogen-bond donors (Lipinski definition) is 0. The molecule has 0 N–H and O–H groups in total. The van der Waals surface area contributed by atoms with Gasteiger partial charge in [-0.15, -0.1) is 11.3 Å². The minimum atomic E-state index is 0.870. The molecule has 0 unspecified atom stereocenters. The van der Waals surface area contributed by atoms with E-state index in [0.717, 1.165) is 77.9 Å². The fourth-order valence-corrected chi connectivity index (χ4v) is 9.72. The van der Waals surface area contributed by atoms with E-state index in [4.69, 9.17) is 9.40 Å². The average molecular weight is 746 g/mol. The van der Waals surface area contributed by atoms with E-state index in [1.807, 2.05) is 54.1 Å². The van der Waals surface area contributed by atoms with Crippen LogP contribution in [0, 0.1) is 0 Å². The highest BCUT2D eigenvalue weighted by Gasteiger charge is 2.18. The van der Waals surface area contributed by atoms with Crippen LogP contribution in [0.1, 0.15) is 0 Å². The van der Waals surface area contributed by atoms with E-state index in [-0.39, 0.29) is 0 Å². The highest BCUT2D eigenvalue weighted by atomic mass is 32.1. The second-order valence-electron chi connectivity index (χ2n) is 14.6. The first kappa shape index (κ1) is 32.0. The third-order valence-corrected chi connectivity index (χ3v) is 12.5. The molecule has 12 aromatic rings. The van der Waals surface area contributed by atoms with Gasteiger partial charge in [0.2, 0.25) is 0 Å². The summed E-state index contributed by atoms with van der Waals surface area (Å²) in [4.78, 5) is 9.32. The van der Waals surface area contributed by atoms with Crippen LogP contribution < -0.4 is 0 Å². The molecule has 5 heterocycles. The quantitative estimate of drug-likeness (QED) is 0.176. The lowest BCUT2D eigenvalue weighted by Gasteiger charge is -2.11. The number of benzene rings is 7. The second kappa shape index (κ2) is 12.6. The number of pyridine rings is 2. The van der Waals surface area contributed by atoms with Crippen molar-refractivity contribution in [2.75, 3.05) is 0 Å². The maximum absolute atomic E-state index is 6.34. The summed E-state index contributed by atoms with van der Waals surface area (Å²) < 4.78 is 11.4. The van der Waals surface area contributed by atoms with Crippen molar-refractivity contribution in [1.82, 2.24) is 14.5 Å². The minimum Gasteiger partial charge on any atom is -0.456 e. The summed E-state index contributed by atoms with van der Waals surface area (Å²) in [6.07, 6.45) is 3.70. The van der Waals surface area contributed by atoms with Crippen molar-refractivity contribution in [3.63, 3.8) is 0 Å². The maximum atomic E-state index is 6.34. The fourth-order valence-electron chi connectivity index (χ4n) is 8.63. The van der Waals surface area contributed by atoms with Crippen molar-refractivity contribution < 1.29 is 4.42 Å². The largest absolute Gasteiger partial charge is 0.456 e. The third kappa shape index (κ3) is 5.13. The van der Waals surface area contributed by atoms with Crippen LogP contribution in [0.2, 0.25) is 0 Å². The Morgan fingerprint density at radius 1 is 0.386 bits per heavy atom. The molecule has 0 bridgehead atoms. The van der Waals surface area contributed by atoms with Gasteiger partial charge in [0, 0.05) is 70.9 Å². The molecule has 0 aliphatic carbocycles. The van der Waals surface area contributed by atoms with E-state index < -0.39 is 0 Å². The molecule has 0 fully saturated rings. The van der Waals surface area contributed by atoms with E-state index >= 15 is 0 Å². The second-order valence-corrected chi connectivity index (χ2v) is 15.7. The Balaban J connectivity index is 1.07. The first-order valence-corrected chi connectivity index (χ1v) is 19.9. The highest BCUT2D eigenvalue weighted by molar-refractivity contribution is 7.25. The molecule has 5 heteroatoms. The lowest BCUT2D eigenvalue weighted by Crippen LogP contribution is -1.93. The SMILES string of the molecule is c1ccc(-c2ccc3oc4ccc(-c5ccc6c(c5)c5cc(-c7ccccc7-c7ccccn7)ccc5n6-c5ccc6sc7ccccc7c6c5)cc4c3c2)nc1. The number of thiophene rings is 1. The number of rotatable bonds is 5. The van der Waals surface area contributed by atoms with Crippen LogP contribution in [-0.4, -0.2) is 14.5 Å². The van der Waals surface area contributed by atoms with Gasteiger partial charge in [-0.25, -0.2) is 0 Å². The smallest absolute Gasteiger partial charge is 0.135 e. The van der Waals surface area contributed by atoms with Gasteiger partial charge < -0.3 is 8.98 Å². The molecule has 7 aromatic carbocycles. The molecule has 0 spiro atoms. The number of furan rings is 1. The fraction of sp³-hybridized carbons (Fsp3) is 0. The van der Waals surface area contributed by atoms with Gasteiger partial charge in [0.25, 0.3) is 0 Å².